The second kappa shape index (κ2) is 5.49. The molecule has 66 valence electrons. The van der Waals surface area contributed by atoms with Crippen LogP contribution in [0.3, 0.4) is 0 Å². The van der Waals surface area contributed by atoms with E-state index in [-0.39, 0.29) is 0 Å². The van der Waals surface area contributed by atoms with Crippen LogP contribution in [-0.4, -0.2) is 10.2 Å². The number of hydrogen-bond acceptors (Lipinski definition) is 0. The molecular weight excluding hydrogens is 505 g/mol. The molecule has 0 saturated carbocycles. The molecule has 0 nitrogen and oxygen atoms in total. The molecule has 1 aromatic rings. The highest BCUT2D eigenvalue weighted by atomic mass is 127. The van der Waals surface area contributed by atoms with Crippen LogP contribution in [0, 0.1) is 10.7 Å². The standard InChI is InChI=1S/C8H9I3Si/c9-5-3-7(10)6(1-2-12)8(11)4-5/h3-4H,1-2H2,12H3. The van der Waals surface area contributed by atoms with Crippen LogP contribution in [0.2, 0.25) is 6.04 Å². The van der Waals surface area contributed by atoms with E-state index in [0.717, 1.165) is 0 Å². The third-order valence-electron chi connectivity index (χ3n) is 1.61. The number of halogens is 3. The van der Waals surface area contributed by atoms with E-state index in [2.05, 4.69) is 79.9 Å². The molecule has 0 N–H and O–H groups in total. The average molecular weight is 514 g/mol. The molecule has 0 fully saturated rings. The minimum Gasteiger partial charge on any atom is -0.0618 e. The van der Waals surface area contributed by atoms with E-state index in [1.165, 1.54) is 33.4 Å². The molecule has 0 heterocycles. The van der Waals surface area contributed by atoms with Crippen molar-refractivity contribution < 1.29 is 0 Å². The zero-order chi connectivity index (χ0) is 9.14. The molecule has 4 heteroatoms. The maximum absolute atomic E-state index is 2.44. The lowest BCUT2D eigenvalue weighted by molar-refractivity contribution is 1.10. The molecule has 0 saturated heterocycles. The SMILES string of the molecule is [SiH3]CCc1c(I)cc(I)cc1I. The summed E-state index contributed by atoms with van der Waals surface area (Å²) in [5, 5.41) is 0. The van der Waals surface area contributed by atoms with Crippen molar-refractivity contribution in [1.82, 2.24) is 0 Å². The Morgan fingerprint density at radius 2 is 1.58 bits per heavy atom. The van der Waals surface area contributed by atoms with E-state index >= 15 is 0 Å². The van der Waals surface area contributed by atoms with Crippen molar-refractivity contribution in [2.45, 2.75) is 12.5 Å². The Balaban J connectivity index is 3.10. The number of benzene rings is 1. The highest BCUT2D eigenvalue weighted by Gasteiger charge is 2.04. The molecule has 0 radical (unpaired) electrons. The molecule has 0 aliphatic heterocycles. The topological polar surface area (TPSA) is 0 Å². The summed E-state index contributed by atoms with van der Waals surface area (Å²) in [5.41, 5.74) is 1.55. The first kappa shape index (κ1) is 11.7. The Morgan fingerprint density at radius 1 is 1.08 bits per heavy atom. The van der Waals surface area contributed by atoms with Gasteiger partial charge in [0.1, 0.15) is 0 Å². The second-order valence-electron chi connectivity index (χ2n) is 2.60. The van der Waals surface area contributed by atoms with E-state index in [4.69, 9.17) is 0 Å². The summed E-state index contributed by atoms with van der Waals surface area (Å²) >= 11 is 7.26. The predicted molar refractivity (Wildman–Crippen MR) is 83.0 cm³/mol. The lowest BCUT2D eigenvalue weighted by Gasteiger charge is -2.06. The largest absolute Gasteiger partial charge is 0.0618 e. The molecule has 0 atom stereocenters. The Kier molecular flexibility index (Phi) is 5.36. The number of hydrogen-bond donors (Lipinski definition) is 0. The molecular formula is C8H9I3Si. The van der Waals surface area contributed by atoms with Gasteiger partial charge < -0.3 is 0 Å². The van der Waals surface area contributed by atoms with Gasteiger partial charge in [-0.15, -0.1) is 0 Å². The zero-order valence-electron chi connectivity index (χ0n) is 6.70. The first-order valence-corrected chi connectivity index (χ1v) is 8.43. The van der Waals surface area contributed by atoms with Gasteiger partial charge in [0.05, 0.1) is 0 Å². The summed E-state index contributed by atoms with van der Waals surface area (Å²) in [4.78, 5) is 0. The van der Waals surface area contributed by atoms with Gasteiger partial charge in [-0.05, 0) is 91.9 Å². The Bertz CT molecular complexity index is 263. The maximum Gasteiger partial charge on any atom is 0.0183 e. The molecule has 1 aromatic carbocycles. The van der Waals surface area contributed by atoms with Crippen molar-refractivity contribution in [2.24, 2.45) is 0 Å². The van der Waals surface area contributed by atoms with Crippen LogP contribution in [0.15, 0.2) is 12.1 Å². The average Bonchev–Trinajstić information content (AvgIpc) is 1.96. The van der Waals surface area contributed by atoms with E-state index < -0.39 is 0 Å². The molecule has 0 spiro atoms. The van der Waals surface area contributed by atoms with Gasteiger partial charge in [-0.2, -0.15) is 0 Å². The van der Waals surface area contributed by atoms with Gasteiger partial charge in [-0.1, -0.05) is 6.04 Å². The third kappa shape index (κ3) is 3.09. The Labute approximate surface area is 117 Å². The third-order valence-corrected chi connectivity index (χ3v) is 4.65. The van der Waals surface area contributed by atoms with Gasteiger partial charge in [-0.3, -0.25) is 0 Å². The molecule has 0 unspecified atom stereocenters. The normalized spacial score (nSPS) is 10.6. The fourth-order valence-electron chi connectivity index (χ4n) is 1.06. The van der Waals surface area contributed by atoms with Crippen molar-refractivity contribution in [1.29, 1.82) is 0 Å². The summed E-state index contributed by atoms with van der Waals surface area (Å²) in [7, 11) is 1.31. The molecule has 0 amide bonds. The second-order valence-corrected chi connectivity index (χ2v) is 7.17. The van der Waals surface area contributed by atoms with Crippen molar-refractivity contribution in [3.05, 3.63) is 28.4 Å². The monoisotopic (exact) mass is 514 g/mol. The predicted octanol–water partition coefficient (Wildman–Crippen LogP) is 2.83. The molecule has 0 aromatic heterocycles. The van der Waals surface area contributed by atoms with Crippen LogP contribution in [0.5, 0.6) is 0 Å². The van der Waals surface area contributed by atoms with Gasteiger partial charge in [0.2, 0.25) is 0 Å². The van der Waals surface area contributed by atoms with E-state index in [1.807, 2.05) is 0 Å². The molecule has 0 aliphatic carbocycles. The lowest BCUT2D eigenvalue weighted by atomic mass is 10.2. The van der Waals surface area contributed by atoms with Crippen LogP contribution in [0.1, 0.15) is 5.56 Å². The van der Waals surface area contributed by atoms with Gasteiger partial charge in [0, 0.05) is 21.0 Å². The maximum atomic E-state index is 2.44. The number of rotatable bonds is 2. The van der Waals surface area contributed by atoms with Gasteiger partial charge in [-0.25, -0.2) is 0 Å². The highest BCUT2D eigenvalue weighted by Crippen LogP contribution is 2.23. The van der Waals surface area contributed by atoms with Gasteiger partial charge >= 0.3 is 0 Å². The van der Waals surface area contributed by atoms with Crippen LogP contribution in [-0.2, 0) is 6.42 Å². The Hall–Kier alpha value is 1.63. The smallest absolute Gasteiger partial charge is 0.0183 e. The fraction of sp³-hybridized carbons (Fsp3) is 0.250. The summed E-state index contributed by atoms with van der Waals surface area (Å²) in [6, 6.07) is 5.89. The quantitative estimate of drug-likeness (QED) is 0.421. The lowest BCUT2D eigenvalue weighted by Crippen LogP contribution is -1.94. The van der Waals surface area contributed by atoms with Gasteiger partial charge in [0.15, 0.2) is 0 Å². The van der Waals surface area contributed by atoms with Gasteiger partial charge in [0.25, 0.3) is 0 Å². The summed E-state index contributed by atoms with van der Waals surface area (Å²) in [6.07, 6.45) is 1.26. The minimum absolute atomic E-state index is 1.26. The van der Waals surface area contributed by atoms with E-state index in [9.17, 15) is 0 Å². The molecule has 1 rings (SSSR count). The first-order chi connectivity index (χ1) is 5.65. The van der Waals surface area contributed by atoms with Crippen LogP contribution in [0.25, 0.3) is 0 Å². The minimum atomic E-state index is 1.26. The molecule has 12 heavy (non-hydrogen) atoms. The molecule has 0 aliphatic rings. The van der Waals surface area contributed by atoms with E-state index in [1.54, 1.807) is 5.56 Å². The van der Waals surface area contributed by atoms with Crippen molar-refractivity contribution in [2.75, 3.05) is 0 Å². The highest BCUT2D eigenvalue weighted by molar-refractivity contribution is 14.1. The molecule has 0 bridgehead atoms. The Morgan fingerprint density at radius 3 is 2.00 bits per heavy atom. The fourth-order valence-corrected chi connectivity index (χ4v) is 5.68. The van der Waals surface area contributed by atoms with Crippen LogP contribution >= 0.6 is 67.8 Å². The van der Waals surface area contributed by atoms with Crippen molar-refractivity contribution in [3.8, 4) is 0 Å². The van der Waals surface area contributed by atoms with E-state index in [0.29, 0.717) is 0 Å². The summed E-state index contributed by atoms with van der Waals surface area (Å²) in [6.45, 7) is 0. The van der Waals surface area contributed by atoms with Crippen LogP contribution < -0.4 is 0 Å². The van der Waals surface area contributed by atoms with Crippen molar-refractivity contribution in [3.63, 3.8) is 0 Å². The van der Waals surface area contributed by atoms with Crippen molar-refractivity contribution >= 4 is 78.0 Å². The first-order valence-electron chi connectivity index (χ1n) is 3.78. The zero-order valence-corrected chi connectivity index (χ0v) is 15.2. The van der Waals surface area contributed by atoms with Crippen LogP contribution in [0.4, 0.5) is 0 Å². The summed E-state index contributed by atoms with van der Waals surface area (Å²) < 4.78 is 4.21. The summed E-state index contributed by atoms with van der Waals surface area (Å²) in [5.74, 6) is 0.